The number of benzene rings is 3. The van der Waals surface area contributed by atoms with E-state index in [1.807, 2.05) is 48.5 Å². The minimum absolute atomic E-state index is 0.0868. The summed E-state index contributed by atoms with van der Waals surface area (Å²) in [6.45, 7) is 1.50. The summed E-state index contributed by atoms with van der Waals surface area (Å²) >= 11 is 0. The number of halogens is 1. The van der Waals surface area contributed by atoms with Gasteiger partial charge in [0.1, 0.15) is 18.5 Å². The van der Waals surface area contributed by atoms with Crippen LogP contribution in [0.2, 0.25) is 0 Å². The number of amides is 2. The molecule has 3 aromatic rings. The zero-order chi connectivity index (χ0) is 23.5. The van der Waals surface area contributed by atoms with Crippen LogP contribution in [0.3, 0.4) is 0 Å². The molecular formula is C25H21FN2O5. The molecule has 7 nitrogen and oxygen atoms in total. The van der Waals surface area contributed by atoms with Crippen molar-refractivity contribution in [2.24, 2.45) is 0 Å². The van der Waals surface area contributed by atoms with Gasteiger partial charge in [0.15, 0.2) is 0 Å². The quantitative estimate of drug-likeness (QED) is 0.519. The van der Waals surface area contributed by atoms with Crippen molar-refractivity contribution in [1.29, 1.82) is 0 Å². The van der Waals surface area contributed by atoms with Crippen molar-refractivity contribution in [2.45, 2.75) is 18.9 Å². The van der Waals surface area contributed by atoms with Gasteiger partial charge in [-0.3, -0.25) is 4.79 Å². The van der Waals surface area contributed by atoms with E-state index < -0.39 is 29.8 Å². The predicted octanol–water partition coefficient (Wildman–Crippen LogP) is 4.39. The maximum atomic E-state index is 13.9. The number of fused-ring (bicyclic) bond motifs is 3. The zero-order valence-corrected chi connectivity index (χ0v) is 17.7. The third kappa shape index (κ3) is 4.55. The first-order valence-corrected chi connectivity index (χ1v) is 10.3. The highest BCUT2D eigenvalue weighted by Crippen LogP contribution is 2.44. The Kier molecular flexibility index (Phi) is 6.08. The third-order valence-corrected chi connectivity index (χ3v) is 5.54. The van der Waals surface area contributed by atoms with Crippen molar-refractivity contribution in [3.05, 3.63) is 89.2 Å². The molecule has 1 unspecified atom stereocenters. The van der Waals surface area contributed by atoms with Gasteiger partial charge in [0.2, 0.25) is 5.91 Å². The van der Waals surface area contributed by atoms with Crippen LogP contribution in [0.1, 0.15) is 34.3 Å². The second-order valence-electron chi connectivity index (χ2n) is 7.68. The molecule has 2 amide bonds. The van der Waals surface area contributed by atoms with Crippen LogP contribution in [0.5, 0.6) is 0 Å². The van der Waals surface area contributed by atoms with Gasteiger partial charge in [-0.1, -0.05) is 48.5 Å². The minimum atomic E-state index is -1.25. The Morgan fingerprint density at radius 3 is 2.21 bits per heavy atom. The van der Waals surface area contributed by atoms with Crippen LogP contribution in [-0.2, 0) is 9.53 Å². The Morgan fingerprint density at radius 2 is 1.61 bits per heavy atom. The van der Waals surface area contributed by atoms with Crippen molar-refractivity contribution in [3.63, 3.8) is 0 Å². The molecule has 3 N–H and O–H groups in total. The summed E-state index contributed by atoms with van der Waals surface area (Å²) in [4.78, 5) is 35.8. The second kappa shape index (κ2) is 9.12. The van der Waals surface area contributed by atoms with Gasteiger partial charge in [0, 0.05) is 5.92 Å². The lowest BCUT2D eigenvalue weighted by Crippen LogP contribution is -2.42. The average molecular weight is 448 g/mol. The number of hydrogen-bond donors (Lipinski definition) is 3. The largest absolute Gasteiger partial charge is 0.478 e. The molecule has 1 aliphatic rings. The number of rotatable bonds is 6. The molecule has 0 heterocycles. The molecular weight excluding hydrogens is 427 g/mol. The van der Waals surface area contributed by atoms with E-state index in [-0.39, 0.29) is 23.8 Å². The summed E-state index contributed by atoms with van der Waals surface area (Å²) in [5.41, 5.74) is 3.85. The van der Waals surface area contributed by atoms with Crippen LogP contribution in [0.15, 0.2) is 66.7 Å². The van der Waals surface area contributed by atoms with Crippen LogP contribution in [0, 0.1) is 5.82 Å². The lowest BCUT2D eigenvalue weighted by atomic mass is 9.98. The average Bonchev–Trinajstić information content (AvgIpc) is 3.12. The highest BCUT2D eigenvalue weighted by Gasteiger charge is 2.29. The minimum Gasteiger partial charge on any atom is -0.478 e. The van der Waals surface area contributed by atoms with Gasteiger partial charge in [-0.15, -0.1) is 0 Å². The van der Waals surface area contributed by atoms with Gasteiger partial charge in [-0.25, -0.2) is 14.0 Å². The molecule has 8 heteroatoms. The van der Waals surface area contributed by atoms with Crippen LogP contribution < -0.4 is 10.6 Å². The highest BCUT2D eigenvalue weighted by molar-refractivity contribution is 5.97. The van der Waals surface area contributed by atoms with Gasteiger partial charge in [-0.05, 0) is 47.4 Å². The zero-order valence-electron chi connectivity index (χ0n) is 17.7. The lowest BCUT2D eigenvalue weighted by Gasteiger charge is -2.17. The van der Waals surface area contributed by atoms with E-state index in [1.165, 1.54) is 6.92 Å². The molecule has 4 rings (SSSR count). The summed E-state index contributed by atoms with van der Waals surface area (Å²) in [5, 5.41) is 13.7. The van der Waals surface area contributed by atoms with E-state index in [4.69, 9.17) is 9.84 Å². The number of aromatic carboxylic acids is 1. The first-order valence-electron chi connectivity index (χ1n) is 10.3. The van der Waals surface area contributed by atoms with Crippen LogP contribution in [0.4, 0.5) is 14.9 Å². The molecule has 0 bridgehead atoms. The standard InChI is InChI=1S/C25H21FN2O5/c1-14(23(29)28-22-12-15(24(30)31)10-11-21(22)26)27-25(32)33-13-20-18-8-4-2-6-16(18)17-7-3-5-9-19(17)20/h2-12,14,20H,13H2,1H3,(H,27,32)(H,28,29)(H,30,31). The molecule has 168 valence electrons. The maximum Gasteiger partial charge on any atom is 0.407 e. The molecule has 0 spiro atoms. The molecule has 33 heavy (non-hydrogen) atoms. The molecule has 0 saturated heterocycles. The Labute approximate surface area is 189 Å². The third-order valence-electron chi connectivity index (χ3n) is 5.54. The van der Waals surface area contributed by atoms with Gasteiger partial charge in [0.05, 0.1) is 11.3 Å². The summed E-state index contributed by atoms with van der Waals surface area (Å²) in [7, 11) is 0. The SMILES string of the molecule is CC(NC(=O)OCC1c2ccccc2-c2ccccc21)C(=O)Nc1cc(C(=O)O)ccc1F. The summed E-state index contributed by atoms with van der Waals surface area (Å²) in [5.74, 6) is -2.89. The fraction of sp³-hybridized carbons (Fsp3) is 0.160. The predicted molar refractivity (Wildman–Crippen MR) is 120 cm³/mol. The van der Waals surface area contributed by atoms with Gasteiger partial charge in [0.25, 0.3) is 0 Å². The van der Waals surface area contributed by atoms with Gasteiger partial charge >= 0.3 is 12.1 Å². The van der Waals surface area contributed by atoms with Crippen LogP contribution >= 0.6 is 0 Å². The fourth-order valence-electron chi connectivity index (χ4n) is 3.88. The van der Waals surface area contributed by atoms with E-state index in [2.05, 4.69) is 10.6 Å². The van der Waals surface area contributed by atoms with E-state index >= 15 is 0 Å². The van der Waals surface area contributed by atoms with E-state index in [1.54, 1.807) is 0 Å². The summed E-state index contributed by atoms with van der Waals surface area (Å²) in [6, 6.07) is 17.8. The Morgan fingerprint density at radius 1 is 1.00 bits per heavy atom. The first-order chi connectivity index (χ1) is 15.8. The number of carbonyl (C=O) groups is 3. The number of carboxylic acid groups (broad SMARTS) is 1. The van der Waals surface area contributed by atoms with E-state index in [0.29, 0.717) is 0 Å². The topological polar surface area (TPSA) is 105 Å². The van der Waals surface area contributed by atoms with Crippen molar-refractivity contribution >= 4 is 23.7 Å². The number of ether oxygens (including phenoxy) is 1. The molecule has 0 saturated carbocycles. The second-order valence-corrected chi connectivity index (χ2v) is 7.68. The smallest absolute Gasteiger partial charge is 0.407 e. The van der Waals surface area contributed by atoms with Crippen LogP contribution in [-0.4, -0.2) is 35.7 Å². The van der Waals surface area contributed by atoms with Gasteiger partial charge in [-0.2, -0.15) is 0 Å². The maximum absolute atomic E-state index is 13.9. The van der Waals surface area contributed by atoms with Crippen molar-refractivity contribution < 1.29 is 28.6 Å². The fourth-order valence-corrected chi connectivity index (χ4v) is 3.88. The van der Waals surface area contributed by atoms with E-state index in [9.17, 15) is 18.8 Å². The number of nitrogens with one attached hydrogen (secondary N) is 2. The summed E-state index contributed by atoms with van der Waals surface area (Å²) in [6.07, 6.45) is -0.792. The molecule has 1 aliphatic carbocycles. The summed E-state index contributed by atoms with van der Waals surface area (Å²) < 4.78 is 19.3. The van der Waals surface area contributed by atoms with Crippen LogP contribution in [0.25, 0.3) is 11.1 Å². The Bertz CT molecular complexity index is 1200. The monoisotopic (exact) mass is 448 g/mol. The number of anilines is 1. The first kappa shape index (κ1) is 22.0. The van der Waals surface area contributed by atoms with E-state index in [0.717, 1.165) is 40.5 Å². The molecule has 0 fully saturated rings. The van der Waals surface area contributed by atoms with Gasteiger partial charge < -0.3 is 20.5 Å². The van der Waals surface area contributed by atoms with Crippen molar-refractivity contribution in [1.82, 2.24) is 5.32 Å². The lowest BCUT2D eigenvalue weighted by molar-refractivity contribution is -0.117. The number of hydrogen-bond acceptors (Lipinski definition) is 4. The van der Waals surface area contributed by atoms with Crippen molar-refractivity contribution in [3.8, 4) is 11.1 Å². The Hall–Kier alpha value is -4.20. The molecule has 0 aromatic heterocycles. The number of carboxylic acids is 1. The normalized spacial score (nSPS) is 12.9. The number of carbonyl (C=O) groups excluding carboxylic acids is 2. The molecule has 0 radical (unpaired) electrons. The molecule has 3 aromatic carbocycles. The highest BCUT2D eigenvalue weighted by atomic mass is 19.1. The van der Waals surface area contributed by atoms with Crippen molar-refractivity contribution in [2.75, 3.05) is 11.9 Å². The Balaban J connectivity index is 1.37. The molecule has 0 aliphatic heterocycles. The number of alkyl carbamates (subject to hydrolysis) is 1. The molecule has 1 atom stereocenters.